The fourth-order valence-electron chi connectivity index (χ4n) is 2.80. The van der Waals surface area contributed by atoms with Gasteiger partial charge in [-0.15, -0.1) is 0 Å². The van der Waals surface area contributed by atoms with Gasteiger partial charge in [0.25, 0.3) is 5.91 Å². The third-order valence-corrected chi connectivity index (χ3v) is 4.09. The van der Waals surface area contributed by atoms with Crippen molar-refractivity contribution in [2.24, 2.45) is 0 Å². The molecule has 0 aromatic heterocycles. The molecule has 0 bridgehead atoms. The van der Waals surface area contributed by atoms with Gasteiger partial charge in [-0.2, -0.15) is 5.26 Å². The minimum Gasteiger partial charge on any atom is -0.481 e. The monoisotopic (exact) mass is 306 g/mol. The summed E-state index contributed by atoms with van der Waals surface area (Å²) >= 11 is 0. The van der Waals surface area contributed by atoms with Gasteiger partial charge in [0.2, 0.25) is 0 Å². The molecular weight excluding hydrogens is 288 g/mol. The van der Waals surface area contributed by atoms with Gasteiger partial charge in [-0.1, -0.05) is 24.3 Å². The highest BCUT2D eigenvalue weighted by Gasteiger charge is 2.25. The SMILES string of the molecule is CC(Oc1ccc(C#N)cc1)C(=O)N1CCc2ccccc2C1. The van der Waals surface area contributed by atoms with E-state index in [0.717, 1.165) is 13.0 Å². The second kappa shape index (κ2) is 6.53. The van der Waals surface area contributed by atoms with Gasteiger partial charge in [-0.05, 0) is 48.7 Å². The van der Waals surface area contributed by atoms with E-state index < -0.39 is 6.10 Å². The van der Waals surface area contributed by atoms with E-state index in [1.165, 1.54) is 11.1 Å². The molecule has 4 nitrogen and oxygen atoms in total. The first-order valence-electron chi connectivity index (χ1n) is 7.70. The molecule has 0 saturated heterocycles. The topological polar surface area (TPSA) is 53.3 Å². The van der Waals surface area contributed by atoms with Gasteiger partial charge >= 0.3 is 0 Å². The van der Waals surface area contributed by atoms with Crippen molar-refractivity contribution in [2.75, 3.05) is 6.54 Å². The van der Waals surface area contributed by atoms with Crippen LogP contribution in [0.1, 0.15) is 23.6 Å². The van der Waals surface area contributed by atoms with Gasteiger partial charge in [-0.3, -0.25) is 4.79 Å². The zero-order valence-corrected chi connectivity index (χ0v) is 13.0. The van der Waals surface area contributed by atoms with Crippen molar-refractivity contribution in [3.8, 4) is 11.8 Å². The molecule has 1 aliphatic heterocycles. The summed E-state index contributed by atoms with van der Waals surface area (Å²) < 4.78 is 5.72. The summed E-state index contributed by atoms with van der Waals surface area (Å²) in [6.45, 7) is 3.12. The van der Waals surface area contributed by atoms with Crippen LogP contribution in [0.5, 0.6) is 5.75 Å². The molecule has 1 heterocycles. The standard InChI is InChI=1S/C19H18N2O2/c1-14(23-18-8-6-15(12-20)7-9-18)19(22)21-11-10-16-4-2-3-5-17(16)13-21/h2-9,14H,10-11,13H2,1H3. The molecule has 1 unspecified atom stereocenters. The molecule has 0 aliphatic carbocycles. The zero-order valence-electron chi connectivity index (χ0n) is 13.0. The Labute approximate surface area is 135 Å². The van der Waals surface area contributed by atoms with Crippen molar-refractivity contribution in [2.45, 2.75) is 26.0 Å². The van der Waals surface area contributed by atoms with Gasteiger partial charge in [0, 0.05) is 13.1 Å². The average Bonchev–Trinajstić information content (AvgIpc) is 2.61. The van der Waals surface area contributed by atoms with Crippen molar-refractivity contribution >= 4 is 5.91 Å². The number of fused-ring (bicyclic) bond motifs is 1. The molecule has 4 heteroatoms. The first kappa shape index (κ1) is 15.1. The third kappa shape index (κ3) is 3.35. The van der Waals surface area contributed by atoms with Gasteiger partial charge in [0.15, 0.2) is 6.10 Å². The molecule has 0 N–H and O–H groups in total. The second-order valence-corrected chi connectivity index (χ2v) is 5.67. The summed E-state index contributed by atoms with van der Waals surface area (Å²) in [6.07, 6.45) is 0.332. The minimum absolute atomic E-state index is 0.0103. The minimum atomic E-state index is -0.548. The Morgan fingerprint density at radius 3 is 2.57 bits per heavy atom. The maximum Gasteiger partial charge on any atom is 0.263 e. The van der Waals surface area contributed by atoms with Crippen LogP contribution in [0, 0.1) is 11.3 Å². The molecule has 116 valence electrons. The van der Waals surface area contributed by atoms with E-state index in [1.54, 1.807) is 31.2 Å². The lowest BCUT2D eigenvalue weighted by atomic mass is 9.99. The molecule has 1 atom stereocenters. The third-order valence-electron chi connectivity index (χ3n) is 4.09. The summed E-state index contributed by atoms with van der Waals surface area (Å²) in [7, 11) is 0. The number of carbonyl (C=O) groups is 1. The Morgan fingerprint density at radius 1 is 1.17 bits per heavy atom. The number of hydrogen-bond acceptors (Lipinski definition) is 3. The molecular formula is C19H18N2O2. The molecule has 0 spiro atoms. The highest BCUT2D eigenvalue weighted by atomic mass is 16.5. The predicted octanol–water partition coefficient (Wildman–Crippen LogP) is 2.91. The number of nitrogens with zero attached hydrogens (tertiary/aromatic N) is 2. The lowest BCUT2D eigenvalue weighted by Gasteiger charge is -2.31. The maximum absolute atomic E-state index is 12.6. The Morgan fingerprint density at radius 2 is 1.87 bits per heavy atom. The molecule has 1 amide bonds. The lowest BCUT2D eigenvalue weighted by molar-refractivity contribution is -0.138. The first-order chi connectivity index (χ1) is 11.2. The molecule has 2 aromatic carbocycles. The largest absolute Gasteiger partial charge is 0.481 e. The molecule has 2 aromatic rings. The zero-order chi connectivity index (χ0) is 16.2. The highest BCUT2D eigenvalue weighted by molar-refractivity contribution is 5.81. The quantitative estimate of drug-likeness (QED) is 0.876. The predicted molar refractivity (Wildman–Crippen MR) is 86.8 cm³/mol. The summed E-state index contributed by atoms with van der Waals surface area (Å²) in [5.74, 6) is 0.589. The number of hydrogen-bond donors (Lipinski definition) is 0. The van der Waals surface area contributed by atoms with E-state index in [1.807, 2.05) is 17.0 Å². The number of nitriles is 1. The Hall–Kier alpha value is -2.80. The number of rotatable bonds is 3. The van der Waals surface area contributed by atoms with Crippen molar-refractivity contribution < 1.29 is 9.53 Å². The van der Waals surface area contributed by atoms with E-state index >= 15 is 0 Å². The molecule has 1 aliphatic rings. The van der Waals surface area contributed by atoms with Gasteiger partial charge in [0.05, 0.1) is 11.6 Å². The van der Waals surface area contributed by atoms with Crippen LogP contribution in [-0.2, 0) is 17.8 Å². The Kier molecular flexibility index (Phi) is 4.29. The number of carbonyl (C=O) groups excluding carboxylic acids is 1. The van der Waals surface area contributed by atoms with Crippen LogP contribution >= 0.6 is 0 Å². The number of amides is 1. The van der Waals surface area contributed by atoms with Crippen LogP contribution in [0.15, 0.2) is 48.5 Å². The number of ether oxygens (including phenoxy) is 1. The van der Waals surface area contributed by atoms with E-state index in [4.69, 9.17) is 10.00 Å². The van der Waals surface area contributed by atoms with Gasteiger partial charge in [-0.25, -0.2) is 0 Å². The first-order valence-corrected chi connectivity index (χ1v) is 7.70. The van der Waals surface area contributed by atoms with E-state index in [2.05, 4.69) is 18.2 Å². The Bertz CT molecular complexity index is 747. The second-order valence-electron chi connectivity index (χ2n) is 5.67. The summed E-state index contributed by atoms with van der Waals surface area (Å²) in [6, 6.07) is 17.1. The molecule has 0 fully saturated rings. The van der Waals surface area contributed by atoms with Gasteiger partial charge in [0.1, 0.15) is 5.75 Å². The van der Waals surface area contributed by atoms with Crippen LogP contribution < -0.4 is 4.74 Å². The molecule has 0 saturated carbocycles. The van der Waals surface area contributed by atoms with Crippen LogP contribution in [0.25, 0.3) is 0 Å². The fraction of sp³-hybridized carbons (Fsp3) is 0.263. The summed E-state index contributed by atoms with van der Waals surface area (Å²) in [4.78, 5) is 14.4. The van der Waals surface area contributed by atoms with Crippen LogP contribution in [0.2, 0.25) is 0 Å². The van der Waals surface area contributed by atoms with E-state index in [-0.39, 0.29) is 5.91 Å². The van der Waals surface area contributed by atoms with Crippen molar-refractivity contribution in [3.05, 3.63) is 65.2 Å². The van der Waals surface area contributed by atoms with Crippen molar-refractivity contribution in [3.63, 3.8) is 0 Å². The van der Waals surface area contributed by atoms with Crippen LogP contribution in [0.3, 0.4) is 0 Å². The lowest BCUT2D eigenvalue weighted by Crippen LogP contribution is -2.43. The summed E-state index contributed by atoms with van der Waals surface area (Å²) in [5, 5.41) is 8.80. The smallest absolute Gasteiger partial charge is 0.263 e. The molecule has 23 heavy (non-hydrogen) atoms. The van der Waals surface area contributed by atoms with Crippen molar-refractivity contribution in [1.29, 1.82) is 5.26 Å². The normalized spacial score (nSPS) is 14.5. The highest BCUT2D eigenvalue weighted by Crippen LogP contribution is 2.20. The average molecular weight is 306 g/mol. The van der Waals surface area contributed by atoms with Gasteiger partial charge < -0.3 is 9.64 Å². The number of benzene rings is 2. The van der Waals surface area contributed by atoms with E-state index in [0.29, 0.717) is 17.9 Å². The molecule has 0 radical (unpaired) electrons. The van der Waals surface area contributed by atoms with Crippen LogP contribution in [0.4, 0.5) is 0 Å². The maximum atomic E-state index is 12.6. The van der Waals surface area contributed by atoms with E-state index in [9.17, 15) is 4.79 Å². The van der Waals surface area contributed by atoms with Crippen LogP contribution in [-0.4, -0.2) is 23.5 Å². The van der Waals surface area contributed by atoms with Crippen molar-refractivity contribution in [1.82, 2.24) is 4.90 Å². The summed E-state index contributed by atoms with van der Waals surface area (Å²) in [5.41, 5.74) is 3.10. The Balaban J connectivity index is 1.65. The fourth-order valence-corrected chi connectivity index (χ4v) is 2.80. The molecule has 3 rings (SSSR count).